The van der Waals surface area contributed by atoms with Gasteiger partial charge >= 0.3 is 0 Å². The third-order valence-corrected chi connectivity index (χ3v) is 6.25. The summed E-state index contributed by atoms with van der Waals surface area (Å²) in [5, 5.41) is 6.06. The number of carbonyl (C=O) groups excluding carboxylic acids is 2. The normalized spacial score (nSPS) is 14.0. The van der Waals surface area contributed by atoms with Gasteiger partial charge in [-0.25, -0.2) is 0 Å². The van der Waals surface area contributed by atoms with Crippen LogP contribution >= 0.6 is 0 Å². The van der Waals surface area contributed by atoms with E-state index in [1.54, 1.807) is 56.4 Å². The molecule has 8 heteroatoms. The van der Waals surface area contributed by atoms with Gasteiger partial charge in [0.1, 0.15) is 11.2 Å². The highest BCUT2D eigenvalue weighted by atomic mass is 32.2. The van der Waals surface area contributed by atoms with E-state index in [-0.39, 0.29) is 16.4 Å². The summed E-state index contributed by atoms with van der Waals surface area (Å²) in [4.78, 5) is 24.7. The van der Waals surface area contributed by atoms with Crippen LogP contribution in [0.25, 0.3) is 5.57 Å². The van der Waals surface area contributed by atoms with Crippen LogP contribution in [-0.4, -0.2) is 32.1 Å². The van der Waals surface area contributed by atoms with Crippen molar-refractivity contribution in [3.8, 4) is 0 Å². The van der Waals surface area contributed by atoms with Gasteiger partial charge in [-0.3, -0.25) is 14.1 Å². The maximum Gasteiger partial charge on any atom is 0.296 e. The molecule has 7 nitrogen and oxygen atoms in total. The number of hydrogen-bond acceptors (Lipinski definition) is 6. The van der Waals surface area contributed by atoms with E-state index in [9.17, 15) is 22.6 Å². The Bertz CT molecular complexity index is 1410. The fourth-order valence-corrected chi connectivity index (χ4v) is 4.68. The van der Waals surface area contributed by atoms with E-state index < -0.39 is 10.1 Å². The van der Waals surface area contributed by atoms with Crippen LogP contribution in [0.2, 0.25) is 0 Å². The zero-order valence-electron chi connectivity index (χ0n) is 17.3. The standard InChI is InChI=1S/C24H20N2O5S/c1-14-7-8-18(21(13-14)32(29,30)31)26-20-10-9-19(25-2)22-16(11-12-27)15-5-3-4-6-17(15)24(28)23(20)22/h3-13,25-26H,1-2H3,(H,29,30,31)/b16-11-. The first kappa shape index (κ1) is 21.5. The topological polar surface area (TPSA) is 113 Å². The molecule has 3 aromatic rings. The number of benzene rings is 3. The summed E-state index contributed by atoms with van der Waals surface area (Å²) in [5.74, 6) is -0.265. The molecule has 3 N–H and O–H groups in total. The zero-order valence-corrected chi connectivity index (χ0v) is 18.2. The van der Waals surface area contributed by atoms with Crippen molar-refractivity contribution in [1.29, 1.82) is 0 Å². The highest BCUT2D eigenvalue weighted by molar-refractivity contribution is 7.86. The number of ketones is 1. The number of rotatable bonds is 5. The van der Waals surface area contributed by atoms with E-state index in [2.05, 4.69) is 10.6 Å². The number of hydrogen-bond donors (Lipinski definition) is 3. The summed E-state index contributed by atoms with van der Waals surface area (Å²) < 4.78 is 33.6. The van der Waals surface area contributed by atoms with Crippen molar-refractivity contribution in [2.75, 3.05) is 17.7 Å². The Hall–Kier alpha value is -3.75. The minimum atomic E-state index is -4.51. The van der Waals surface area contributed by atoms with E-state index >= 15 is 0 Å². The van der Waals surface area contributed by atoms with Crippen molar-refractivity contribution in [3.63, 3.8) is 0 Å². The Morgan fingerprint density at radius 2 is 1.56 bits per heavy atom. The Labute approximate surface area is 185 Å². The molecule has 0 fully saturated rings. The van der Waals surface area contributed by atoms with Crippen molar-refractivity contribution in [2.24, 2.45) is 0 Å². The largest absolute Gasteiger partial charge is 0.388 e. The number of allylic oxidation sites excluding steroid dienone is 1. The van der Waals surface area contributed by atoms with Gasteiger partial charge in [0, 0.05) is 23.9 Å². The first-order valence-corrected chi connectivity index (χ1v) is 11.2. The summed E-state index contributed by atoms with van der Waals surface area (Å²) >= 11 is 0. The molecule has 0 heterocycles. The predicted octanol–water partition coefficient (Wildman–Crippen LogP) is 4.20. The molecule has 0 radical (unpaired) electrons. The monoisotopic (exact) mass is 448 g/mol. The molecular formula is C24H20N2O5S. The molecule has 0 saturated heterocycles. The molecule has 0 atom stereocenters. The zero-order chi connectivity index (χ0) is 23.0. The lowest BCUT2D eigenvalue weighted by molar-refractivity contribution is -0.104. The molecule has 0 saturated carbocycles. The van der Waals surface area contributed by atoms with Crippen LogP contribution in [0.15, 0.2) is 65.6 Å². The number of fused-ring (bicyclic) bond motifs is 2. The number of carbonyl (C=O) groups is 2. The molecular weight excluding hydrogens is 428 g/mol. The van der Waals surface area contributed by atoms with Crippen LogP contribution in [0.4, 0.5) is 17.1 Å². The second kappa shape index (κ2) is 8.07. The molecule has 162 valence electrons. The lowest BCUT2D eigenvalue weighted by atomic mass is 9.79. The third-order valence-electron chi connectivity index (χ3n) is 5.35. The van der Waals surface area contributed by atoms with E-state index in [1.807, 2.05) is 0 Å². The predicted molar refractivity (Wildman–Crippen MR) is 123 cm³/mol. The number of nitrogens with one attached hydrogen (secondary N) is 2. The molecule has 0 aliphatic heterocycles. The fraction of sp³-hybridized carbons (Fsp3) is 0.0833. The van der Waals surface area contributed by atoms with Crippen molar-refractivity contribution in [1.82, 2.24) is 0 Å². The van der Waals surface area contributed by atoms with Gasteiger partial charge in [-0.15, -0.1) is 0 Å². The van der Waals surface area contributed by atoms with Gasteiger partial charge in [-0.1, -0.05) is 30.3 Å². The first-order chi connectivity index (χ1) is 15.3. The molecule has 0 bridgehead atoms. The van der Waals surface area contributed by atoms with E-state index in [1.165, 1.54) is 18.2 Å². The highest BCUT2D eigenvalue weighted by Crippen LogP contribution is 2.43. The summed E-state index contributed by atoms with van der Waals surface area (Å²) in [6, 6.07) is 15.0. The molecule has 4 rings (SSSR count). The van der Waals surface area contributed by atoms with Gasteiger partial charge in [0.25, 0.3) is 10.1 Å². The van der Waals surface area contributed by atoms with Gasteiger partial charge in [0.15, 0.2) is 5.78 Å². The average Bonchev–Trinajstić information content (AvgIpc) is 2.77. The summed E-state index contributed by atoms with van der Waals surface area (Å²) in [5.41, 5.74) is 4.26. The van der Waals surface area contributed by atoms with Gasteiger partial charge < -0.3 is 10.6 Å². The molecule has 1 aliphatic rings. The van der Waals surface area contributed by atoms with Crippen molar-refractivity contribution in [2.45, 2.75) is 11.8 Å². The number of aldehydes is 1. The Balaban J connectivity index is 1.99. The maximum atomic E-state index is 13.5. The van der Waals surface area contributed by atoms with Gasteiger partial charge in [-0.2, -0.15) is 8.42 Å². The summed E-state index contributed by atoms with van der Waals surface area (Å²) in [6.07, 6.45) is 2.08. The Morgan fingerprint density at radius 1 is 0.906 bits per heavy atom. The SMILES string of the molecule is CNc1ccc(Nc2ccc(C)cc2S(=O)(=O)O)c2c1/C(=C\C=O)c1ccccc1C2=O. The molecule has 32 heavy (non-hydrogen) atoms. The van der Waals surface area contributed by atoms with Crippen LogP contribution in [-0.2, 0) is 14.9 Å². The van der Waals surface area contributed by atoms with Crippen LogP contribution in [0.5, 0.6) is 0 Å². The van der Waals surface area contributed by atoms with Crippen molar-refractivity contribution >= 4 is 44.8 Å². The molecule has 0 aromatic heterocycles. The molecule has 0 amide bonds. The summed E-state index contributed by atoms with van der Waals surface area (Å²) in [7, 11) is -2.80. The third kappa shape index (κ3) is 3.59. The molecule has 1 aliphatic carbocycles. The van der Waals surface area contributed by atoms with E-state index in [0.717, 1.165) is 0 Å². The van der Waals surface area contributed by atoms with Gasteiger partial charge in [0.05, 0.1) is 16.9 Å². The van der Waals surface area contributed by atoms with Gasteiger partial charge in [0.2, 0.25) is 0 Å². The molecule has 0 unspecified atom stereocenters. The minimum absolute atomic E-state index is 0.130. The molecule has 3 aromatic carbocycles. The summed E-state index contributed by atoms with van der Waals surface area (Å²) in [6.45, 7) is 1.71. The van der Waals surface area contributed by atoms with Crippen LogP contribution in [0.1, 0.15) is 32.6 Å². The Morgan fingerprint density at radius 3 is 2.22 bits per heavy atom. The van der Waals surface area contributed by atoms with Crippen LogP contribution in [0, 0.1) is 6.92 Å². The number of anilines is 3. The minimum Gasteiger partial charge on any atom is -0.388 e. The number of aryl methyl sites for hydroxylation is 1. The second-order valence-electron chi connectivity index (χ2n) is 7.35. The lowest BCUT2D eigenvalue weighted by Gasteiger charge is -2.26. The molecule has 0 spiro atoms. The second-order valence-corrected chi connectivity index (χ2v) is 8.74. The first-order valence-electron chi connectivity index (χ1n) is 9.76. The smallest absolute Gasteiger partial charge is 0.296 e. The maximum absolute atomic E-state index is 13.5. The highest BCUT2D eigenvalue weighted by Gasteiger charge is 2.31. The van der Waals surface area contributed by atoms with E-state index in [4.69, 9.17) is 0 Å². The van der Waals surface area contributed by atoms with E-state index in [0.29, 0.717) is 51.1 Å². The van der Waals surface area contributed by atoms with Gasteiger partial charge in [-0.05, 0) is 54.0 Å². The van der Waals surface area contributed by atoms with Crippen LogP contribution < -0.4 is 10.6 Å². The fourth-order valence-electron chi connectivity index (χ4n) is 3.95. The Kier molecular flexibility index (Phi) is 5.41. The van der Waals surface area contributed by atoms with Crippen LogP contribution in [0.3, 0.4) is 0 Å². The quantitative estimate of drug-likeness (QED) is 0.238. The average molecular weight is 449 g/mol. The lowest BCUT2D eigenvalue weighted by Crippen LogP contribution is -2.18. The van der Waals surface area contributed by atoms with Crippen molar-refractivity contribution < 1.29 is 22.6 Å². The van der Waals surface area contributed by atoms with Crippen molar-refractivity contribution in [3.05, 3.63) is 88.5 Å².